The number of pyridine rings is 1. The van der Waals surface area contributed by atoms with Gasteiger partial charge in [0.2, 0.25) is 0 Å². The van der Waals surface area contributed by atoms with Gasteiger partial charge in [-0.1, -0.05) is 0 Å². The van der Waals surface area contributed by atoms with Crippen LogP contribution in [0.3, 0.4) is 0 Å². The summed E-state index contributed by atoms with van der Waals surface area (Å²) in [5.41, 5.74) is 0.290. The van der Waals surface area contributed by atoms with Gasteiger partial charge in [-0.2, -0.15) is 0 Å². The number of nitrogens with zero attached hydrogens (tertiary/aromatic N) is 2. The molecule has 1 rings (SSSR count). The Morgan fingerprint density at radius 1 is 1.53 bits per heavy atom. The second kappa shape index (κ2) is 5.29. The Kier molecular flexibility index (Phi) is 4.03. The highest BCUT2D eigenvalue weighted by atomic mass is 16.5. The number of carbonyl (C=O) groups is 2. The lowest BCUT2D eigenvalue weighted by molar-refractivity contribution is -0.141. The number of carbonyl (C=O) groups excluding carboxylic acids is 1. The Morgan fingerprint density at radius 2 is 2.18 bits per heavy atom. The molecule has 1 atom stereocenters. The molecule has 0 spiro atoms. The zero-order valence-corrected chi connectivity index (χ0v) is 9.88. The van der Waals surface area contributed by atoms with Crippen molar-refractivity contribution in [1.29, 1.82) is 0 Å². The highest BCUT2D eigenvalue weighted by Crippen LogP contribution is 2.18. The van der Waals surface area contributed by atoms with E-state index in [1.807, 2.05) is 0 Å². The molecule has 0 saturated heterocycles. The van der Waals surface area contributed by atoms with Crippen molar-refractivity contribution in [2.24, 2.45) is 0 Å². The maximum atomic E-state index is 12.0. The van der Waals surface area contributed by atoms with Crippen LogP contribution in [-0.2, 0) is 4.79 Å². The molecule has 0 fully saturated rings. The summed E-state index contributed by atoms with van der Waals surface area (Å²) >= 11 is 0. The van der Waals surface area contributed by atoms with Crippen LogP contribution < -0.4 is 4.74 Å². The first-order chi connectivity index (χ1) is 7.99. The minimum Gasteiger partial charge on any atom is -0.494 e. The number of methoxy groups -OCH3 is 1. The number of hydrogen-bond acceptors (Lipinski definition) is 4. The molecule has 6 nitrogen and oxygen atoms in total. The van der Waals surface area contributed by atoms with Gasteiger partial charge in [-0.3, -0.25) is 9.78 Å². The molecule has 0 aliphatic heterocycles. The number of aromatic nitrogens is 1. The van der Waals surface area contributed by atoms with Crippen molar-refractivity contribution in [2.75, 3.05) is 14.2 Å². The molecular weight excluding hydrogens is 224 g/mol. The Bertz CT molecular complexity index is 433. The van der Waals surface area contributed by atoms with Gasteiger partial charge >= 0.3 is 5.97 Å². The first kappa shape index (κ1) is 13.0. The summed E-state index contributed by atoms with van der Waals surface area (Å²) in [7, 11) is 2.86. The number of amides is 1. The fourth-order valence-electron chi connectivity index (χ4n) is 1.25. The molecule has 0 aliphatic carbocycles. The van der Waals surface area contributed by atoms with Gasteiger partial charge in [-0.15, -0.1) is 0 Å². The van der Waals surface area contributed by atoms with Crippen molar-refractivity contribution in [3.8, 4) is 5.75 Å². The Balaban J connectivity index is 3.00. The van der Waals surface area contributed by atoms with Crippen molar-refractivity contribution >= 4 is 11.9 Å². The summed E-state index contributed by atoms with van der Waals surface area (Å²) in [6.45, 7) is 1.44. The molecule has 0 aromatic carbocycles. The average molecular weight is 238 g/mol. The zero-order valence-electron chi connectivity index (χ0n) is 9.88. The molecule has 1 aromatic rings. The van der Waals surface area contributed by atoms with E-state index in [-0.39, 0.29) is 5.56 Å². The van der Waals surface area contributed by atoms with Gasteiger partial charge in [0.1, 0.15) is 11.8 Å². The molecule has 1 amide bonds. The minimum absolute atomic E-state index is 0.290. The molecular formula is C11H14N2O4. The Hall–Kier alpha value is -2.11. The summed E-state index contributed by atoms with van der Waals surface area (Å²) in [4.78, 5) is 27.8. The van der Waals surface area contributed by atoms with E-state index in [4.69, 9.17) is 9.84 Å². The molecule has 1 N–H and O–H groups in total. The normalized spacial score (nSPS) is 11.7. The van der Waals surface area contributed by atoms with Crippen molar-refractivity contribution in [3.63, 3.8) is 0 Å². The van der Waals surface area contributed by atoms with Crippen LogP contribution in [0.5, 0.6) is 5.75 Å². The number of rotatable bonds is 4. The second-order valence-corrected chi connectivity index (χ2v) is 3.51. The predicted octanol–water partition coefficient (Wildman–Crippen LogP) is 0.635. The standard InChI is InChI=1S/C11H14N2O4/c1-7(11(15)16)13(2)10(14)8-4-5-12-6-9(8)17-3/h4-7H,1-3H3,(H,15,16). The van der Waals surface area contributed by atoms with E-state index in [1.54, 1.807) is 0 Å². The van der Waals surface area contributed by atoms with Crippen LogP contribution in [-0.4, -0.2) is 47.1 Å². The van der Waals surface area contributed by atoms with E-state index in [0.29, 0.717) is 5.75 Å². The minimum atomic E-state index is -1.06. The fraction of sp³-hybridized carbons (Fsp3) is 0.364. The predicted molar refractivity (Wildman–Crippen MR) is 60.0 cm³/mol. The van der Waals surface area contributed by atoms with Crippen molar-refractivity contribution < 1.29 is 19.4 Å². The maximum Gasteiger partial charge on any atom is 0.326 e. The molecule has 6 heteroatoms. The van der Waals surface area contributed by atoms with Crippen LogP contribution in [0, 0.1) is 0 Å². The van der Waals surface area contributed by atoms with E-state index in [9.17, 15) is 9.59 Å². The third-order valence-corrected chi connectivity index (χ3v) is 2.49. The molecule has 1 unspecified atom stereocenters. The quantitative estimate of drug-likeness (QED) is 0.832. The molecule has 0 aliphatic rings. The molecule has 1 aromatic heterocycles. The van der Waals surface area contributed by atoms with E-state index in [0.717, 1.165) is 4.90 Å². The largest absolute Gasteiger partial charge is 0.494 e. The first-order valence-electron chi connectivity index (χ1n) is 4.97. The second-order valence-electron chi connectivity index (χ2n) is 3.51. The average Bonchev–Trinajstić information content (AvgIpc) is 2.35. The molecule has 1 heterocycles. The highest BCUT2D eigenvalue weighted by molar-refractivity contribution is 5.98. The fourth-order valence-corrected chi connectivity index (χ4v) is 1.25. The van der Waals surface area contributed by atoms with Crippen molar-refractivity contribution in [2.45, 2.75) is 13.0 Å². The molecule has 0 saturated carbocycles. The topological polar surface area (TPSA) is 79.7 Å². The third kappa shape index (κ3) is 2.72. The van der Waals surface area contributed by atoms with E-state index in [1.165, 1.54) is 39.5 Å². The van der Waals surface area contributed by atoms with Gasteiger partial charge in [-0.05, 0) is 13.0 Å². The SMILES string of the molecule is COc1cnccc1C(=O)N(C)C(C)C(=O)O. The number of aliphatic carboxylic acids is 1. The molecule has 17 heavy (non-hydrogen) atoms. The Morgan fingerprint density at radius 3 is 2.71 bits per heavy atom. The monoisotopic (exact) mass is 238 g/mol. The summed E-state index contributed by atoms with van der Waals surface area (Å²) in [5, 5.41) is 8.84. The number of carboxylic acids is 1. The number of hydrogen-bond donors (Lipinski definition) is 1. The van der Waals surface area contributed by atoms with Crippen LogP contribution in [0.2, 0.25) is 0 Å². The maximum absolute atomic E-state index is 12.0. The van der Waals surface area contributed by atoms with Gasteiger partial charge in [0.05, 0.1) is 18.9 Å². The molecule has 92 valence electrons. The van der Waals surface area contributed by atoms with Crippen LogP contribution >= 0.6 is 0 Å². The highest BCUT2D eigenvalue weighted by Gasteiger charge is 2.24. The number of likely N-dealkylation sites (N-methyl/N-ethyl adjacent to an activating group) is 1. The van der Waals surface area contributed by atoms with Crippen molar-refractivity contribution in [1.82, 2.24) is 9.88 Å². The van der Waals surface area contributed by atoms with Crippen LogP contribution in [0.25, 0.3) is 0 Å². The first-order valence-corrected chi connectivity index (χ1v) is 4.97. The van der Waals surface area contributed by atoms with Gasteiger partial charge in [-0.25, -0.2) is 4.79 Å². The van der Waals surface area contributed by atoms with Gasteiger partial charge in [0, 0.05) is 13.2 Å². The lowest BCUT2D eigenvalue weighted by atomic mass is 10.2. The van der Waals surface area contributed by atoms with E-state index < -0.39 is 17.9 Å². The summed E-state index contributed by atoms with van der Waals surface area (Å²) in [6, 6.07) is 0.590. The van der Waals surface area contributed by atoms with Crippen LogP contribution in [0.1, 0.15) is 17.3 Å². The van der Waals surface area contributed by atoms with Crippen molar-refractivity contribution in [3.05, 3.63) is 24.0 Å². The summed E-state index contributed by atoms with van der Waals surface area (Å²) in [5.74, 6) is -1.16. The number of ether oxygens (including phenoxy) is 1. The van der Waals surface area contributed by atoms with Gasteiger partial charge in [0.15, 0.2) is 0 Å². The zero-order chi connectivity index (χ0) is 13.0. The van der Waals surface area contributed by atoms with E-state index >= 15 is 0 Å². The third-order valence-electron chi connectivity index (χ3n) is 2.49. The molecule has 0 bridgehead atoms. The van der Waals surface area contributed by atoms with Crippen LogP contribution in [0.4, 0.5) is 0 Å². The molecule has 0 radical (unpaired) electrons. The summed E-state index contributed by atoms with van der Waals surface area (Å²) < 4.78 is 5.00. The Labute approximate surface area is 98.8 Å². The lowest BCUT2D eigenvalue weighted by Crippen LogP contribution is -2.40. The number of carboxylic acid groups (broad SMARTS) is 1. The van der Waals surface area contributed by atoms with Crippen LogP contribution in [0.15, 0.2) is 18.5 Å². The van der Waals surface area contributed by atoms with E-state index in [2.05, 4.69) is 4.98 Å². The van der Waals surface area contributed by atoms with Gasteiger partial charge in [0.25, 0.3) is 5.91 Å². The summed E-state index contributed by atoms with van der Waals surface area (Å²) in [6.07, 6.45) is 2.86. The van der Waals surface area contributed by atoms with Gasteiger partial charge < -0.3 is 14.7 Å². The lowest BCUT2D eigenvalue weighted by Gasteiger charge is -2.22. The smallest absolute Gasteiger partial charge is 0.326 e.